The topological polar surface area (TPSA) is 55.0 Å². The molecule has 1 heterocycles. The molecule has 1 aromatic carbocycles. The summed E-state index contributed by atoms with van der Waals surface area (Å²) in [5, 5.41) is 0. The molecule has 0 aliphatic heterocycles. The van der Waals surface area contributed by atoms with Gasteiger partial charge in [-0.25, -0.2) is 4.98 Å². The second-order valence-corrected chi connectivity index (χ2v) is 4.74. The first-order chi connectivity index (χ1) is 9.78. The van der Waals surface area contributed by atoms with Crippen LogP contribution in [0.1, 0.15) is 35.0 Å². The molecule has 0 saturated heterocycles. The predicted octanol–water partition coefficient (Wildman–Crippen LogP) is 3.02. The number of hydrogen-bond donors (Lipinski definition) is 1. The summed E-state index contributed by atoms with van der Waals surface area (Å²) in [6.45, 7) is 2.53. The van der Waals surface area contributed by atoms with Gasteiger partial charge in [-0.15, -0.1) is 0 Å². The zero-order chi connectivity index (χ0) is 13.9. The first kappa shape index (κ1) is 12.7. The first-order valence-corrected chi connectivity index (χ1v) is 6.77. The van der Waals surface area contributed by atoms with Crippen LogP contribution in [0, 0.1) is 0 Å². The molecule has 3 rings (SSSR count). The van der Waals surface area contributed by atoms with E-state index in [9.17, 15) is 4.79 Å². The Morgan fingerprint density at radius 3 is 3.05 bits per heavy atom. The van der Waals surface area contributed by atoms with E-state index in [1.54, 1.807) is 12.5 Å². The van der Waals surface area contributed by atoms with Gasteiger partial charge in [-0.3, -0.25) is 4.79 Å². The maximum atomic E-state index is 12.5. The Balaban J connectivity index is 1.95. The van der Waals surface area contributed by atoms with Crippen molar-refractivity contribution in [1.82, 2.24) is 9.97 Å². The van der Waals surface area contributed by atoms with E-state index < -0.39 is 0 Å². The number of aromatic amines is 1. The van der Waals surface area contributed by atoms with E-state index in [2.05, 4.69) is 9.97 Å². The number of aromatic nitrogens is 2. The van der Waals surface area contributed by atoms with Crippen molar-refractivity contribution >= 4 is 11.9 Å². The lowest BCUT2D eigenvalue weighted by molar-refractivity contribution is 0.102. The third-order valence-corrected chi connectivity index (χ3v) is 3.43. The summed E-state index contributed by atoms with van der Waals surface area (Å²) >= 11 is 0. The molecule has 1 N–H and O–H groups in total. The number of benzene rings is 1. The monoisotopic (exact) mass is 268 g/mol. The van der Waals surface area contributed by atoms with Crippen LogP contribution in [0.4, 0.5) is 0 Å². The summed E-state index contributed by atoms with van der Waals surface area (Å²) in [6, 6.07) is 5.76. The van der Waals surface area contributed by atoms with E-state index in [1.807, 2.05) is 31.2 Å². The number of nitrogens with one attached hydrogen (secondary N) is 1. The third kappa shape index (κ3) is 2.37. The highest BCUT2D eigenvalue weighted by Crippen LogP contribution is 2.29. The minimum Gasteiger partial charge on any atom is -0.494 e. The lowest BCUT2D eigenvalue weighted by Crippen LogP contribution is -2.14. The van der Waals surface area contributed by atoms with E-state index in [1.165, 1.54) is 0 Å². The van der Waals surface area contributed by atoms with Gasteiger partial charge in [0.25, 0.3) is 0 Å². The Labute approximate surface area is 117 Å². The fourth-order valence-electron chi connectivity index (χ4n) is 2.46. The molecule has 0 radical (unpaired) electrons. The molecule has 0 atom stereocenters. The van der Waals surface area contributed by atoms with Crippen molar-refractivity contribution in [2.45, 2.75) is 19.8 Å². The van der Waals surface area contributed by atoms with Gasteiger partial charge in [0.15, 0.2) is 5.78 Å². The Morgan fingerprint density at radius 2 is 2.30 bits per heavy atom. The molecule has 0 saturated carbocycles. The molecule has 102 valence electrons. The minimum atomic E-state index is 0.0794. The predicted molar refractivity (Wildman–Crippen MR) is 76.8 cm³/mol. The average Bonchev–Trinajstić information content (AvgIpc) is 2.96. The molecule has 2 aromatic rings. The van der Waals surface area contributed by atoms with Gasteiger partial charge in [-0.1, -0.05) is 6.07 Å². The standard InChI is InChI=1S/C16H16N2O2/c1-2-20-14-6-5-11-3-4-12(16(19)15(11)8-14)7-13-9-17-10-18-13/h5-10H,2-4H2,1H3,(H,17,18). The Morgan fingerprint density at radius 1 is 1.40 bits per heavy atom. The summed E-state index contributed by atoms with van der Waals surface area (Å²) in [4.78, 5) is 19.6. The molecule has 1 aliphatic rings. The van der Waals surface area contributed by atoms with Crippen LogP contribution in [-0.2, 0) is 6.42 Å². The number of ether oxygens (including phenoxy) is 1. The summed E-state index contributed by atoms with van der Waals surface area (Å²) in [7, 11) is 0. The Hall–Kier alpha value is -2.36. The highest BCUT2D eigenvalue weighted by Gasteiger charge is 2.22. The lowest BCUT2D eigenvalue weighted by Gasteiger charge is -2.18. The quantitative estimate of drug-likeness (QED) is 0.870. The fourth-order valence-corrected chi connectivity index (χ4v) is 2.46. The van der Waals surface area contributed by atoms with Gasteiger partial charge in [0.05, 0.1) is 18.6 Å². The first-order valence-electron chi connectivity index (χ1n) is 6.77. The fraction of sp³-hybridized carbons (Fsp3) is 0.250. The van der Waals surface area contributed by atoms with Crippen molar-refractivity contribution < 1.29 is 9.53 Å². The molecule has 1 aliphatic carbocycles. The molecular weight excluding hydrogens is 252 g/mol. The number of Topliss-reactive ketones (excluding diaryl/α,β-unsaturated/α-hetero) is 1. The summed E-state index contributed by atoms with van der Waals surface area (Å²) in [5.41, 5.74) is 3.44. The van der Waals surface area contributed by atoms with Gasteiger partial charge in [-0.2, -0.15) is 0 Å². The Kier molecular flexibility index (Phi) is 3.37. The van der Waals surface area contributed by atoms with Crippen LogP contribution in [0.25, 0.3) is 6.08 Å². The van der Waals surface area contributed by atoms with Crippen molar-refractivity contribution in [2.75, 3.05) is 6.61 Å². The van der Waals surface area contributed by atoms with Gasteiger partial charge in [0.1, 0.15) is 5.75 Å². The maximum Gasteiger partial charge on any atom is 0.189 e. The number of H-pyrrole nitrogens is 1. The molecule has 0 unspecified atom stereocenters. The van der Waals surface area contributed by atoms with E-state index >= 15 is 0 Å². The third-order valence-electron chi connectivity index (χ3n) is 3.43. The van der Waals surface area contributed by atoms with Gasteiger partial charge in [0, 0.05) is 17.3 Å². The largest absolute Gasteiger partial charge is 0.494 e. The second-order valence-electron chi connectivity index (χ2n) is 4.74. The van der Waals surface area contributed by atoms with E-state index in [-0.39, 0.29) is 5.78 Å². The van der Waals surface area contributed by atoms with E-state index in [0.717, 1.165) is 41.0 Å². The molecule has 0 fully saturated rings. The number of hydrogen-bond acceptors (Lipinski definition) is 3. The maximum absolute atomic E-state index is 12.5. The lowest BCUT2D eigenvalue weighted by atomic mass is 9.86. The summed E-state index contributed by atoms with van der Waals surface area (Å²) in [5.74, 6) is 0.830. The molecular formula is C16H16N2O2. The molecule has 1 aromatic heterocycles. The highest BCUT2D eigenvalue weighted by molar-refractivity contribution is 6.13. The van der Waals surface area contributed by atoms with Crippen molar-refractivity contribution in [1.29, 1.82) is 0 Å². The molecule has 20 heavy (non-hydrogen) atoms. The molecule has 0 bridgehead atoms. The summed E-state index contributed by atoms with van der Waals surface area (Å²) < 4.78 is 5.47. The minimum absolute atomic E-state index is 0.0794. The van der Waals surface area contributed by atoms with Crippen molar-refractivity contribution in [3.05, 3.63) is 53.1 Å². The zero-order valence-electron chi connectivity index (χ0n) is 11.3. The van der Waals surface area contributed by atoms with Crippen molar-refractivity contribution in [2.24, 2.45) is 0 Å². The second kappa shape index (κ2) is 5.33. The Bertz CT molecular complexity index is 657. The van der Waals surface area contributed by atoms with Crippen molar-refractivity contribution in [3.63, 3.8) is 0 Å². The van der Waals surface area contributed by atoms with E-state index in [0.29, 0.717) is 6.61 Å². The number of imidazole rings is 1. The average molecular weight is 268 g/mol. The number of nitrogens with zero attached hydrogens (tertiary/aromatic N) is 1. The van der Waals surface area contributed by atoms with Gasteiger partial charge in [0.2, 0.25) is 0 Å². The summed E-state index contributed by atoms with van der Waals surface area (Å²) in [6.07, 6.45) is 6.89. The van der Waals surface area contributed by atoms with Crippen LogP contribution in [0.2, 0.25) is 0 Å². The smallest absolute Gasteiger partial charge is 0.189 e. The van der Waals surface area contributed by atoms with Gasteiger partial charge >= 0.3 is 0 Å². The zero-order valence-corrected chi connectivity index (χ0v) is 11.3. The molecule has 0 spiro atoms. The van der Waals surface area contributed by atoms with Crippen LogP contribution in [-0.4, -0.2) is 22.4 Å². The SMILES string of the molecule is CCOc1ccc2c(c1)C(=O)C(=Cc1c[nH]cn1)CC2. The number of ketones is 1. The van der Waals surface area contributed by atoms with Crippen LogP contribution >= 0.6 is 0 Å². The van der Waals surface area contributed by atoms with Crippen LogP contribution in [0.15, 0.2) is 36.3 Å². The normalized spacial score (nSPS) is 16.2. The number of aryl methyl sites for hydroxylation is 1. The van der Waals surface area contributed by atoms with Crippen LogP contribution < -0.4 is 4.74 Å². The number of carbonyl (C=O) groups excluding carboxylic acids is 1. The number of rotatable bonds is 3. The number of allylic oxidation sites excluding steroid dienone is 1. The number of fused-ring (bicyclic) bond motifs is 1. The van der Waals surface area contributed by atoms with Crippen LogP contribution in [0.3, 0.4) is 0 Å². The van der Waals surface area contributed by atoms with Crippen LogP contribution in [0.5, 0.6) is 5.75 Å². The molecule has 4 nitrogen and oxygen atoms in total. The van der Waals surface area contributed by atoms with Gasteiger partial charge in [-0.05, 0) is 43.5 Å². The highest BCUT2D eigenvalue weighted by atomic mass is 16.5. The van der Waals surface area contributed by atoms with E-state index in [4.69, 9.17) is 4.74 Å². The molecule has 4 heteroatoms. The van der Waals surface area contributed by atoms with Crippen molar-refractivity contribution in [3.8, 4) is 5.75 Å². The number of carbonyl (C=O) groups is 1. The van der Waals surface area contributed by atoms with Gasteiger partial charge < -0.3 is 9.72 Å². The molecule has 0 amide bonds.